The number of aryl methyl sites for hydroxylation is 3. The molecule has 2 aromatic rings. The van der Waals surface area contributed by atoms with Crippen LogP contribution in [0.15, 0.2) is 34.7 Å². The quantitative estimate of drug-likeness (QED) is 0.882. The molecule has 0 bridgehead atoms. The van der Waals surface area contributed by atoms with Crippen molar-refractivity contribution in [3.05, 3.63) is 58.5 Å². The number of hydrogen-bond donors (Lipinski definition) is 1. The Morgan fingerprint density at radius 3 is 2.81 bits per heavy atom. The maximum Gasteiger partial charge on any atom is 0.105 e. The number of rotatable bonds is 4. The number of benzene rings is 1. The highest BCUT2D eigenvalue weighted by molar-refractivity contribution is 5.33. The van der Waals surface area contributed by atoms with E-state index in [9.17, 15) is 0 Å². The van der Waals surface area contributed by atoms with E-state index in [2.05, 4.69) is 49.6 Å². The number of fused-ring (bicyclic) bond motifs is 1. The fourth-order valence-corrected chi connectivity index (χ4v) is 3.78. The van der Waals surface area contributed by atoms with Crippen molar-refractivity contribution in [1.29, 1.82) is 0 Å². The molecule has 1 aromatic carbocycles. The van der Waals surface area contributed by atoms with Crippen LogP contribution in [0.4, 0.5) is 0 Å². The summed E-state index contributed by atoms with van der Waals surface area (Å²) >= 11 is 0. The van der Waals surface area contributed by atoms with Crippen LogP contribution in [0.1, 0.15) is 59.4 Å². The molecule has 21 heavy (non-hydrogen) atoms. The predicted molar refractivity (Wildman–Crippen MR) is 86.7 cm³/mol. The standard InChI is InChI=1S/C19H25NO/c1-13-11-18(14(2)21-13)19(20-3)12-16-9-6-8-15-7-4-5-10-17(15)16/h4-5,7,10-11,16,19-20H,6,8-9,12H2,1-3H3. The lowest BCUT2D eigenvalue weighted by Gasteiger charge is -2.29. The lowest BCUT2D eigenvalue weighted by molar-refractivity contribution is 0.430. The van der Waals surface area contributed by atoms with Gasteiger partial charge < -0.3 is 9.73 Å². The van der Waals surface area contributed by atoms with E-state index in [0.717, 1.165) is 17.9 Å². The minimum Gasteiger partial charge on any atom is -0.466 e. The van der Waals surface area contributed by atoms with Crippen molar-refractivity contribution in [2.75, 3.05) is 7.05 Å². The van der Waals surface area contributed by atoms with Crippen molar-refractivity contribution in [3.8, 4) is 0 Å². The smallest absolute Gasteiger partial charge is 0.105 e. The van der Waals surface area contributed by atoms with Crippen molar-refractivity contribution in [2.45, 2.75) is 51.5 Å². The molecule has 2 heteroatoms. The van der Waals surface area contributed by atoms with Crippen molar-refractivity contribution in [2.24, 2.45) is 0 Å². The first kappa shape index (κ1) is 14.4. The zero-order valence-corrected chi connectivity index (χ0v) is 13.3. The molecule has 3 rings (SSSR count). The average molecular weight is 283 g/mol. The highest BCUT2D eigenvalue weighted by Crippen LogP contribution is 2.38. The molecule has 0 spiro atoms. The molecule has 0 radical (unpaired) electrons. The molecule has 1 aliphatic rings. The largest absolute Gasteiger partial charge is 0.466 e. The van der Waals surface area contributed by atoms with Crippen molar-refractivity contribution in [1.82, 2.24) is 5.32 Å². The Hall–Kier alpha value is -1.54. The summed E-state index contributed by atoms with van der Waals surface area (Å²) in [6.07, 6.45) is 4.99. The number of nitrogens with one attached hydrogen (secondary N) is 1. The normalized spacial score (nSPS) is 19.3. The summed E-state index contributed by atoms with van der Waals surface area (Å²) in [5.74, 6) is 2.71. The second-order valence-electron chi connectivity index (χ2n) is 6.23. The zero-order chi connectivity index (χ0) is 14.8. The molecule has 2 nitrogen and oxygen atoms in total. The molecule has 1 heterocycles. The Morgan fingerprint density at radius 1 is 1.29 bits per heavy atom. The van der Waals surface area contributed by atoms with E-state index in [0.29, 0.717) is 12.0 Å². The van der Waals surface area contributed by atoms with Crippen LogP contribution in [0.3, 0.4) is 0 Å². The number of furan rings is 1. The molecule has 2 atom stereocenters. The first-order valence-corrected chi connectivity index (χ1v) is 8.01. The van der Waals surface area contributed by atoms with Gasteiger partial charge in [0, 0.05) is 11.6 Å². The van der Waals surface area contributed by atoms with Gasteiger partial charge in [-0.05, 0) is 69.7 Å². The second kappa shape index (κ2) is 6.07. The van der Waals surface area contributed by atoms with E-state index in [1.165, 1.54) is 24.8 Å². The molecule has 1 aliphatic carbocycles. The summed E-state index contributed by atoms with van der Waals surface area (Å²) in [7, 11) is 2.06. The first-order valence-electron chi connectivity index (χ1n) is 8.01. The molecule has 1 aromatic heterocycles. The third kappa shape index (κ3) is 2.91. The molecule has 112 valence electrons. The minimum absolute atomic E-state index is 0.374. The molecule has 0 amide bonds. The third-order valence-corrected chi connectivity index (χ3v) is 4.82. The summed E-state index contributed by atoms with van der Waals surface area (Å²) in [5, 5.41) is 3.49. The van der Waals surface area contributed by atoms with E-state index in [1.54, 1.807) is 11.1 Å². The van der Waals surface area contributed by atoms with E-state index in [4.69, 9.17) is 4.42 Å². The lowest BCUT2D eigenvalue weighted by Crippen LogP contribution is -2.21. The fourth-order valence-electron chi connectivity index (χ4n) is 3.78. The maximum absolute atomic E-state index is 5.72. The van der Waals surface area contributed by atoms with Gasteiger partial charge in [0.1, 0.15) is 11.5 Å². The van der Waals surface area contributed by atoms with Crippen LogP contribution in [0.2, 0.25) is 0 Å². The SMILES string of the molecule is CNC(CC1CCCc2ccccc21)c1cc(C)oc1C. The molecule has 2 unspecified atom stereocenters. The molecular weight excluding hydrogens is 258 g/mol. The molecule has 0 saturated carbocycles. The van der Waals surface area contributed by atoms with Crippen molar-refractivity contribution < 1.29 is 4.42 Å². The molecule has 1 N–H and O–H groups in total. The second-order valence-corrected chi connectivity index (χ2v) is 6.23. The molecule has 0 fully saturated rings. The Balaban J connectivity index is 1.84. The molecule has 0 aliphatic heterocycles. The van der Waals surface area contributed by atoms with Crippen molar-refractivity contribution >= 4 is 0 Å². The van der Waals surface area contributed by atoms with Gasteiger partial charge in [-0.1, -0.05) is 24.3 Å². The first-order chi connectivity index (χ1) is 10.2. The van der Waals surface area contributed by atoms with Gasteiger partial charge in [-0.25, -0.2) is 0 Å². The summed E-state index contributed by atoms with van der Waals surface area (Å²) in [6.45, 7) is 4.10. The maximum atomic E-state index is 5.72. The van der Waals surface area contributed by atoms with Gasteiger partial charge in [0.15, 0.2) is 0 Å². The van der Waals surface area contributed by atoms with E-state index >= 15 is 0 Å². The van der Waals surface area contributed by atoms with Crippen LogP contribution >= 0.6 is 0 Å². The summed E-state index contributed by atoms with van der Waals surface area (Å²) in [5.41, 5.74) is 4.42. The summed E-state index contributed by atoms with van der Waals surface area (Å²) in [4.78, 5) is 0. The topological polar surface area (TPSA) is 25.2 Å². The van der Waals surface area contributed by atoms with Crippen molar-refractivity contribution in [3.63, 3.8) is 0 Å². The third-order valence-electron chi connectivity index (χ3n) is 4.82. The fraction of sp³-hybridized carbons (Fsp3) is 0.474. The van der Waals surface area contributed by atoms with Gasteiger partial charge in [0.2, 0.25) is 0 Å². The Bertz CT molecular complexity index is 614. The van der Waals surface area contributed by atoms with Gasteiger partial charge in [0.25, 0.3) is 0 Å². The van der Waals surface area contributed by atoms with Crippen LogP contribution in [-0.4, -0.2) is 7.05 Å². The van der Waals surface area contributed by atoms with Crippen LogP contribution in [0, 0.1) is 13.8 Å². The Morgan fingerprint density at radius 2 is 2.10 bits per heavy atom. The predicted octanol–water partition coefficient (Wildman–Crippen LogP) is 4.67. The van der Waals surface area contributed by atoms with E-state index in [1.807, 2.05) is 6.92 Å². The summed E-state index contributed by atoms with van der Waals surface area (Å²) in [6, 6.07) is 11.5. The lowest BCUT2D eigenvalue weighted by atomic mass is 9.78. The highest BCUT2D eigenvalue weighted by atomic mass is 16.3. The Kier molecular flexibility index (Phi) is 4.16. The van der Waals surface area contributed by atoms with Crippen LogP contribution in [0.25, 0.3) is 0 Å². The molecule has 0 saturated heterocycles. The van der Waals surface area contributed by atoms with Gasteiger partial charge in [-0.2, -0.15) is 0 Å². The Labute approximate surface area is 127 Å². The minimum atomic E-state index is 0.374. The van der Waals surface area contributed by atoms with E-state index in [-0.39, 0.29) is 0 Å². The molecular formula is C19H25NO. The summed E-state index contributed by atoms with van der Waals surface area (Å²) < 4.78 is 5.72. The van der Waals surface area contributed by atoms with Gasteiger partial charge in [0.05, 0.1) is 0 Å². The van der Waals surface area contributed by atoms with Gasteiger partial charge in [-0.15, -0.1) is 0 Å². The van der Waals surface area contributed by atoms with Crippen LogP contribution < -0.4 is 5.32 Å². The highest BCUT2D eigenvalue weighted by Gasteiger charge is 2.25. The van der Waals surface area contributed by atoms with Gasteiger partial charge in [-0.3, -0.25) is 0 Å². The van der Waals surface area contributed by atoms with Gasteiger partial charge >= 0.3 is 0 Å². The van der Waals surface area contributed by atoms with Crippen LogP contribution in [0.5, 0.6) is 0 Å². The average Bonchev–Trinajstić information content (AvgIpc) is 2.83. The monoisotopic (exact) mass is 283 g/mol. The van der Waals surface area contributed by atoms with E-state index < -0.39 is 0 Å². The number of hydrogen-bond acceptors (Lipinski definition) is 2. The van der Waals surface area contributed by atoms with Crippen LogP contribution in [-0.2, 0) is 6.42 Å². The zero-order valence-electron chi connectivity index (χ0n) is 13.3.